The smallest absolute Gasteiger partial charge is 0.337 e. The Balaban J connectivity index is 1.67. The number of ether oxygens (including phenoxy) is 1. The topological polar surface area (TPSA) is 67.4 Å². The normalized spacial score (nSPS) is 11.4. The van der Waals surface area contributed by atoms with E-state index >= 15 is 0 Å². The SMILES string of the molecule is COC(=O)c1ccc(NCC(=O)NC(c2ccccc2)c2ccc(C)cc2)cc1. The maximum absolute atomic E-state index is 12.6. The number of aryl methyl sites for hydroxylation is 1. The molecule has 0 bridgehead atoms. The van der Waals surface area contributed by atoms with Crippen LogP contribution >= 0.6 is 0 Å². The van der Waals surface area contributed by atoms with E-state index in [2.05, 4.69) is 15.4 Å². The summed E-state index contributed by atoms with van der Waals surface area (Å²) < 4.78 is 4.69. The van der Waals surface area contributed by atoms with Crippen LogP contribution in [0, 0.1) is 6.92 Å². The molecular formula is C24H24N2O3. The first kappa shape index (κ1) is 20.1. The summed E-state index contributed by atoms with van der Waals surface area (Å²) in [5.74, 6) is -0.519. The zero-order chi connectivity index (χ0) is 20.6. The van der Waals surface area contributed by atoms with Gasteiger partial charge in [-0.1, -0.05) is 60.2 Å². The van der Waals surface area contributed by atoms with E-state index in [-0.39, 0.29) is 18.5 Å². The molecule has 0 spiro atoms. The van der Waals surface area contributed by atoms with Gasteiger partial charge in [0.2, 0.25) is 5.91 Å². The third kappa shape index (κ3) is 5.45. The summed E-state index contributed by atoms with van der Waals surface area (Å²) in [6.45, 7) is 2.15. The van der Waals surface area contributed by atoms with Gasteiger partial charge >= 0.3 is 5.97 Å². The summed E-state index contributed by atoms with van der Waals surface area (Å²) in [4.78, 5) is 24.1. The molecule has 1 atom stereocenters. The van der Waals surface area contributed by atoms with Gasteiger partial charge in [0.15, 0.2) is 0 Å². The predicted molar refractivity (Wildman–Crippen MR) is 114 cm³/mol. The lowest BCUT2D eigenvalue weighted by atomic mass is 9.98. The van der Waals surface area contributed by atoms with Gasteiger partial charge in [0.05, 0.1) is 25.3 Å². The van der Waals surface area contributed by atoms with Crippen molar-refractivity contribution in [2.45, 2.75) is 13.0 Å². The van der Waals surface area contributed by atoms with Crippen LogP contribution in [0.2, 0.25) is 0 Å². The van der Waals surface area contributed by atoms with E-state index in [1.165, 1.54) is 12.7 Å². The second-order valence-electron chi connectivity index (χ2n) is 6.74. The number of hydrogen-bond donors (Lipinski definition) is 2. The molecule has 3 rings (SSSR count). The average Bonchev–Trinajstić information content (AvgIpc) is 2.77. The maximum Gasteiger partial charge on any atom is 0.337 e. The molecule has 148 valence electrons. The standard InChI is InChI=1S/C24H24N2O3/c1-17-8-10-19(11-9-17)23(18-6-4-3-5-7-18)26-22(27)16-25-21-14-12-20(13-15-21)24(28)29-2/h3-15,23,25H,16H2,1-2H3,(H,26,27). The van der Waals surface area contributed by atoms with Gasteiger partial charge in [-0.25, -0.2) is 4.79 Å². The van der Waals surface area contributed by atoms with Crippen molar-refractivity contribution in [1.82, 2.24) is 5.32 Å². The molecule has 0 aliphatic rings. The van der Waals surface area contributed by atoms with Crippen LogP contribution in [0.4, 0.5) is 5.69 Å². The molecule has 0 saturated carbocycles. The molecule has 3 aromatic rings. The number of nitrogens with one attached hydrogen (secondary N) is 2. The predicted octanol–water partition coefficient (Wildman–Crippen LogP) is 4.10. The molecule has 0 fully saturated rings. The minimum Gasteiger partial charge on any atom is -0.465 e. The summed E-state index contributed by atoms with van der Waals surface area (Å²) >= 11 is 0. The fraction of sp³-hybridized carbons (Fsp3) is 0.167. The molecule has 2 N–H and O–H groups in total. The second kappa shape index (κ2) is 9.55. The van der Waals surface area contributed by atoms with E-state index in [0.29, 0.717) is 5.56 Å². The van der Waals surface area contributed by atoms with Crippen molar-refractivity contribution in [2.75, 3.05) is 19.0 Å². The van der Waals surface area contributed by atoms with Gasteiger partial charge in [-0.2, -0.15) is 0 Å². The number of rotatable bonds is 7. The molecular weight excluding hydrogens is 364 g/mol. The number of esters is 1. The Morgan fingerprint density at radius 1 is 0.862 bits per heavy atom. The Bertz CT molecular complexity index is 952. The zero-order valence-electron chi connectivity index (χ0n) is 16.5. The molecule has 5 heteroatoms. The fourth-order valence-electron chi connectivity index (χ4n) is 3.00. The van der Waals surface area contributed by atoms with Crippen molar-refractivity contribution >= 4 is 17.6 Å². The first-order chi connectivity index (χ1) is 14.1. The molecule has 29 heavy (non-hydrogen) atoms. The lowest BCUT2D eigenvalue weighted by Gasteiger charge is -2.20. The number of carbonyl (C=O) groups excluding carboxylic acids is 2. The van der Waals surface area contributed by atoms with Gasteiger partial charge in [-0.15, -0.1) is 0 Å². The Kier molecular flexibility index (Phi) is 6.63. The number of anilines is 1. The maximum atomic E-state index is 12.6. The van der Waals surface area contributed by atoms with Crippen LogP contribution in [0.3, 0.4) is 0 Å². The van der Waals surface area contributed by atoms with Gasteiger partial charge in [0, 0.05) is 5.69 Å². The Morgan fingerprint density at radius 2 is 1.48 bits per heavy atom. The summed E-state index contributed by atoms with van der Waals surface area (Å²) in [5, 5.41) is 6.18. The highest BCUT2D eigenvalue weighted by atomic mass is 16.5. The van der Waals surface area contributed by atoms with Crippen molar-refractivity contribution in [1.29, 1.82) is 0 Å². The minimum absolute atomic E-state index is 0.118. The molecule has 0 aliphatic heterocycles. The van der Waals surface area contributed by atoms with Gasteiger partial charge in [0.1, 0.15) is 0 Å². The third-order valence-electron chi connectivity index (χ3n) is 4.61. The van der Waals surface area contributed by atoms with E-state index in [4.69, 9.17) is 0 Å². The fourth-order valence-corrected chi connectivity index (χ4v) is 3.00. The van der Waals surface area contributed by atoms with Crippen LogP contribution in [0.1, 0.15) is 33.1 Å². The van der Waals surface area contributed by atoms with Crippen molar-refractivity contribution in [2.24, 2.45) is 0 Å². The number of methoxy groups -OCH3 is 1. The lowest BCUT2D eigenvalue weighted by Crippen LogP contribution is -2.34. The first-order valence-corrected chi connectivity index (χ1v) is 9.40. The highest BCUT2D eigenvalue weighted by Crippen LogP contribution is 2.22. The minimum atomic E-state index is -0.391. The van der Waals surface area contributed by atoms with Gasteiger partial charge in [-0.05, 0) is 42.3 Å². The van der Waals surface area contributed by atoms with Gasteiger partial charge in [-0.3, -0.25) is 4.79 Å². The Morgan fingerprint density at radius 3 is 2.10 bits per heavy atom. The van der Waals surface area contributed by atoms with Crippen LogP contribution in [-0.2, 0) is 9.53 Å². The summed E-state index contributed by atoms with van der Waals surface area (Å²) in [5.41, 5.74) is 4.43. The summed E-state index contributed by atoms with van der Waals surface area (Å²) in [7, 11) is 1.34. The van der Waals surface area contributed by atoms with Crippen molar-refractivity contribution in [3.8, 4) is 0 Å². The molecule has 0 radical (unpaired) electrons. The van der Waals surface area contributed by atoms with E-state index < -0.39 is 5.97 Å². The molecule has 0 heterocycles. The number of hydrogen-bond acceptors (Lipinski definition) is 4. The lowest BCUT2D eigenvalue weighted by molar-refractivity contribution is -0.119. The zero-order valence-corrected chi connectivity index (χ0v) is 16.5. The quantitative estimate of drug-likeness (QED) is 0.598. The number of benzene rings is 3. The molecule has 1 unspecified atom stereocenters. The van der Waals surface area contributed by atoms with Crippen LogP contribution in [0.5, 0.6) is 0 Å². The molecule has 0 saturated heterocycles. The highest BCUT2D eigenvalue weighted by molar-refractivity contribution is 5.89. The van der Waals surface area contributed by atoms with Crippen molar-refractivity contribution < 1.29 is 14.3 Å². The van der Waals surface area contributed by atoms with Crippen molar-refractivity contribution in [3.63, 3.8) is 0 Å². The van der Waals surface area contributed by atoms with Crippen LogP contribution in [0.15, 0.2) is 78.9 Å². The first-order valence-electron chi connectivity index (χ1n) is 9.40. The van der Waals surface area contributed by atoms with Gasteiger partial charge < -0.3 is 15.4 Å². The van der Waals surface area contributed by atoms with Crippen LogP contribution in [-0.4, -0.2) is 25.5 Å². The Labute approximate surface area is 170 Å². The largest absolute Gasteiger partial charge is 0.465 e. The summed E-state index contributed by atoms with van der Waals surface area (Å²) in [6, 6.07) is 24.6. The van der Waals surface area contributed by atoms with Crippen LogP contribution in [0.25, 0.3) is 0 Å². The van der Waals surface area contributed by atoms with E-state index in [9.17, 15) is 9.59 Å². The van der Waals surface area contributed by atoms with Gasteiger partial charge in [0.25, 0.3) is 0 Å². The molecule has 5 nitrogen and oxygen atoms in total. The van der Waals surface area contributed by atoms with E-state index in [1.807, 2.05) is 61.5 Å². The highest BCUT2D eigenvalue weighted by Gasteiger charge is 2.16. The molecule has 0 aliphatic carbocycles. The third-order valence-corrected chi connectivity index (χ3v) is 4.61. The molecule has 3 aromatic carbocycles. The van der Waals surface area contributed by atoms with Crippen molar-refractivity contribution in [3.05, 3.63) is 101 Å². The number of carbonyl (C=O) groups is 2. The van der Waals surface area contributed by atoms with Crippen LogP contribution < -0.4 is 10.6 Å². The second-order valence-corrected chi connectivity index (χ2v) is 6.74. The summed E-state index contributed by atoms with van der Waals surface area (Å²) in [6.07, 6.45) is 0. The average molecular weight is 388 g/mol. The number of amides is 1. The van der Waals surface area contributed by atoms with E-state index in [0.717, 1.165) is 16.8 Å². The van der Waals surface area contributed by atoms with E-state index in [1.54, 1.807) is 24.3 Å². The molecule has 1 amide bonds. The monoisotopic (exact) mass is 388 g/mol. The Hall–Kier alpha value is -3.60. The molecule has 0 aromatic heterocycles.